The fraction of sp³-hybridized carbons (Fsp3) is 0.686. The summed E-state index contributed by atoms with van der Waals surface area (Å²) >= 11 is 0. The van der Waals surface area contributed by atoms with Gasteiger partial charge in [0.25, 0.3) is 0 Å². The first-order valence-electron chi connectivity index (χ1n) is 16.5. The first kappa shape index (κ1) is 37.2. The van der Waals surface area contributed by atoms with Crippen LogP contribution in [-0.2, 0) is 23.9 Å². The highest BCUT2D eigenvalue weighted by Gasteiger charge is 2.20. The molecule has 1 atom stereocenters. The van der Waals surface area contributed by atoms with Gasteiger partial charge in [0, 0.05) is 6.08 Å². The molecule has 1 unspecified atom stereocenters. The van der Waals surface area contributed by atoms with Crippen molar-refractivity contribution in [3.05, 3.63) is 35.9 Å². The monoisotopic (exact) mass is 587 g/mol. The zero-order valence-electron chi connectivity index (χ0n) is 26.9. The largest absolute Gasteiger partial charge is 0.490 e. The maximum Gasteiger partial charge on any atom is 0.325 e. The molecule has 7 nitrogen and oxygen atoms in total. The van der Waals surface area contributed by atoms with Crippen LogP contribution in [0.2, 0.25) is 0 Å². The lowest BCUT2D eigenvalue weighted by Crippen LogP contribution is -2.39. The number of unbranched alkanes of at least 4 members (excludes halogenated alkanes) is 12. The minimum atomic E-state index is -0.575. The summed E-state index contributed by atoms with van der Waals surface area (Å²) in [6, 6.07) is 7.59. The highest BCUT2D eigenvalue weighted by Crippen LogP contribution is 2.20. The van der Waals surface area contributed by atoms with Gasteiger partial charge < -0.3 is 19.1 Å². The number of amides is 1. The Labute approximate surface area is 255 Å². The number of esters is 2. The van der Waals surface area contributed by atoms with E-state index in [-0.39, 0.29) is 32.4 Å². The number of hydrogen-bond acceptors (Lipinski definition) is 6. The number of carbonyl (C=O) groups excluding carboxylic acids is 3. The predicted octanol–water partition coefficient (Wildman–Crippen LogP) is 8.29. The molecule has 1 aromatic carbocycles. The summed E-state index contributed by atoms with van der Waals surface area (Å²) in [6.07, 6.45) is 22.8. The van der Waals surface area contributed by atoms with E-state index in [1.54, 1.807) is 19.9 Å². The minimum absolute atomic E-state index is 0.194. The van der Waals surface area contributed by atoms with Gasteiger partial charge in [0.2, 0.25) is 5.91 Å². The third-order valence-electron chi connectivity index (χ3n) is 7.25. The molecule has 0 bridgehead atoms. The molecule has 1 rings (SSSR count). The summed E-state index contributed by atoms with van der Waals surface area (Å²) < 4.78 is 16.1. The van der Waals surface area contributed by atoms with Gasteiger partial charge in [-0.25, -0.2) is 0 Å². The van der Waals surface area contributed by atoms with Crippen LogP contribution < -0.4 is 4.74 Å². The molecule has 0 aliphatic rings. The quantitative estimate of drug-likeness (QED) is 0.0650. The fourth-order valence-corrected chi connectivity index (χ4v) is 4.80. The van der Waals surface area contributed by atoms with Crippen molar-refractivity contribution in [2.75, 3.05) is 26.3 Å². The molecule has 0 aromatic heterocycles. The number of ether oxygens (including phenoxy) is 3. The molecule has 0 saturated heterocycles. The summed E-state index contributed by atoms with van der Waals surface area (Å²) in [5.41, 5.74) is 0.812. The highest BCUT2D eigenvalue weighted by molar-refractivity contribution is 5.95. The van der Waals surface area contributed by atoms with E-state index in [4.69, 9.17) is 14.2 Å². The predicted molar refractivity (Wildman–Crippen MR) is 170 cm³/mol. The van der Waals surface area contributed by atoms with Crippen molar-refractivity contribution in [1.82, 2.24) is 4.90 Å². The second kappa shape index (κ2) is 24.7. The van der Waals surface area contributed by atoms with Crippen LogP contribution in [0.4, 0.5) is 0 Å². The Bertz CT molecular complexity index is 862. The molecule has 0 radical (unpaired) electrons. The molecule has 0 N–H and O–H groups in total. The van der Waals surface area contributed by atoms with Crippen molar-refractivity contribution in [2.24, 2.45) is 0 Å². The number of rotatable bonds is 25. The van der Waals surface area contributed by atoms with E-state index in [2.05, 4.69) is 13.8 Å². The Morgan fingerprint density at radius 3 is 1.62 bits per heavy atom. The summed E-state index contributed by atoms with van der Waals surface area (Å²) in [6.45, 7) is 7.56. The molecule has 1 amide bonds. The van der Waals surface area contributed by atoms with Crippen LogP contribution in [0.5, 0.6) is 5.75 Å². The van der Waals surface area contributed by atoms with Crippen molar-refractivity contribution in [1.29, 1.82) is 0 Å². The normalized spacial score (nSPS) is 11.8. The van der Waals surface area contributed by atoms with Crippen LogP contribution in [0.15, 0.2) is 30.3 Å². The molecular formula is C35H57NO6. The lowest BCUT2D eigenvalue weighted by Gasteiger charge is -2.19. The van der Waals surface area contributed by atoms with Gasteiger partial charge in [-0.2, -0.15) is 0 Å². The maximum atomic E-state index is 12.7. The van der Waals surface area contributed by atoms with Crippen molar-refractivity contribution < 1.29 is 28.6 Å². The lowest BCUT2D eigenvalue weighted by atomic mass is 10.0. The van der Waals surface area contributed by atoms with Crippen molar-refractivity contribution in [3.63, 3.8) is 0 Å². The van der Waals surface area contributed by atoms with Crippen molar-refractivity contribution in [2.45, 2.75) is 130 Å². The maximum absolute atomic E-state index is 12.7. The second-order valence-electron chi connectivity index (χ2n) is 10.9. The summed E-state index contributed by atoms with van der Waals surface area (Å²) in [7, 11) is 0. The van der Waals surface area contributed by atoms with Crippen LogP contribution in [0.3, 0.4) is 0 Å². The van der Waals surface area contributed by atoms with E-state index in [1.807, 2.05) is 24.3 Å². The Morgan fingerprint density at radius 1 is 0.690 bits per heavy atom. The molecule has 0 aliphatic carbocycles. The average molecular weight is 588 g/mol. The van der Waals surface area contributed by atoms with Crippen LogP contribution in [0.25, 0.3) is 6.08 Å². The fourth-order valence-electron chi connectivity index (χ4n) is 4.80. The van der Waals surface area contributed by atoms with E-state index >= 15 is 0 Å². The summed E-state index contributed by atoms with van der Waals surface area (Å²) in [5.74, 6) is -0.810. The average Bonchev–Trinajstić information content (AvgIpc) is 2.98. The third-order valence-corrected chi connectivity index (χ3v) is 7.25. The molecular weight excluding hydrogens is 530 g/mol. The Kier molecular flexibility index (Phi) is 21.9. The molecule has 238 valence electrons. The second-order valence-corrected chi connectivity index (χ2v) is 10.9. The Morgan fingerprint density at radius 2 is 1.17 bits per heavy atom. The zero-order chi connectivity index (χ0) is 30.8. The minimum Gasteiger partial charge on any atom is -0.490 e. The molecule has 1 aromatic rings. The Balaban J connectivity index is 2.39. The Hall–Kier alpha value is -2.83. The molecule has 0 aliphatic heterocycles. The van der Waals surface area contributed by atoms with Gasteiger partial charge in [0.15, 0.2) is 0 Å². The van der Waals surface area contributed by atoms with Gasteiger partial charge in [-0.3, -0.25) is 14.4 Å². The van der Waals surface area contributed by atoms with E-state index in [0.29, 0.717) is 0 Å². The van der Waals surface area contributed by atoms with Gasteiger partial charge in [-0.1, -0.05) is 103 Å². The number of nitrogens with zero attached hydrogens (tertiary/aromatic N) is 1. The number of hydrogen-bond donors (Lipinski definition) is 0. The zero-order valence-corrected chi connectivity index (χ0v) is 26.9. The van der Waals surface area contributed by atoms with Crippen LogP contribution in [-0.4, -0.2) is 55.2 Å². The standard InChI is InChI=1S/C35H57NO6/c1-5-9-10-11-12-13-14-15-16-17-18-19-20-21-31(6-2)42-32-25-22-30(23-26-32)24-27-33(37)36(28-34(38)40-7-3)29-35(39)41-8-4/h22-27,31H,5-21,28-29H2,1-4H3/b27-24+. The van der Waals surface area contributed by atoms with Gasteiger partial charge in [-0.15, -0.1) is 0 Å². The molecule has 0 heterocycles. The summed E-state index contributed by atoms with van der Waals surface area (Å²) in [4.78, 5) is 37.6. The SMILES string of the molecule is CCCCCCCCCCCCCCCC(CC)Oc1ccc(/C=C/C(=O)N(CC(=O)OCC)CC(=O)OCC)cc1. The van der Waals surface area contributed by atoms with Gasteiger partial charge in [0.1, 0.15) is 18.8 Å². The van der Waals surface area contributed by atoms with Crippen LogP contribution in [0, 0.1) is 0 Å². The van der Waals surface area contributed by atoms with Gasteiger partial charge >= 0.3 is 11.9 Å². The first-order valence-corrected chi connectivity index (χ1v) is 16.5. The smallest absolute Gasteiger partial charge is 0.325 e. The van der Waals surface area contributed by atoms with E-state index in [1.165, 1.54) is 89.5 Å². The van der Waals surface area contributed by atoms with E-state index < -0.39 is 17.8 Å². The van der Waals surface area contributed by atoms with Crippen LogP contribution >= 0.6 is 0 Å². The lowest BCUT2D eigenvalue weighted by molar-refractivity contribution is -0.152. The van der Waals surface area contributed by atoms with Crippen molar-refractivity contribution in [3.8, 4) is 5.75 Å². The molecule has 0 fully saturated rings. The van der Waals surface area contributed by atoms with Gasteiger partial charge in [-0.05, 0) is 56.9 Å². The van der Waals surface area contributed by atoms with Gasteiger partial charge in [0.05, 0.1) is 19.3 Å². The number of benzene rings is 1. The van der Waals surface area contributed by atoms with Crippen molar-refractivity contribution >= 4 is 23.9 Å². The third kappa shape index (κ3) is 18.6. The molecule has 0 saturated carbocycles. The highest BCUT2D eigenvalue weighted by atomic mass is 16.5. The topological polar surface area (TPSA) is 82.1 Å². The molecule has 42 heavy (non-hydrogen) atoms. The molecule has 7 heteroatoms. The van der Waals surface area contributed by atoms with E-state index in [9.17, 15) is 14.4 Å². The molecule has 0 spiro atoms. The number of carbonyl (C=O) groups is 3. The van der Waals surface area contributed by atoms with E-state index in [0.717, 1.165) is 29.1 Å². The van der Waals surface area contributed by atoms with Crippen LogP contribution in [0.1, 0.15) is 130 Å². The first-order chi connectivity index (χ1) is 20.4. The summed E-state index contributed by atoms with van der Waals surface area (Å²) in [5, 5.41) is 0.